The lowest BCUT2D eigenvalue weighted by Gasteiger charge is -2.28. The Bertz CT molecular complexity index is 446. The van der Waals surface area contributed by atoms with Crippen LogP contribution in [0.1, 0.15) is 27.2 Å². The van der Waals surface area contributed by atoms with Gasteiger partial charge in [0.05, 0.1) is 4.92 Å². The van der Waals surface area contributed by atoms with E-state index in [4.69, 9.17) is 0 Å². The molecule has 1 aromatic rings. The molecule has 0 spiro atoms. The van der Waals surface area contributed by atoms with E-state index < -0.39 is 0 Å². The molecule has 0 fully saturated rings. The van der Waals surface area contributed by atoms with Gasteiger partial charge in [-0.05, 0) is 31.4 Å². The molecule has 0 aromatic heterocycles. The Hall–Kier alpha value is -1.78. The highest BCUT2D eigenvalue weighted by atomic mass is 16.6. The Labute approximate surface area is 114 Å². The third-order valence-corrected chi connectivity index (χ3v) is 3.32. The van der Waals surface area contributed by atoms with Crippen LogP contribution in [0.2, 0.25) is 0 Å². The van der Waals surface area contributed by atoms with Crippen LogP contribution in [0.4, 0.5) is 17.1 Å². The molecule has 0 aliphatic rings. The van der Waals surface area contributed by atoms with Gasteiger partial charge >= 0.3 is 5.69 Å². The van der Waals surface area contributed by atoms with Gasteiger partial charge in [0.25, 0.3) is 0 Å². The van der Waals surface area contributed by atoms with Gasteiger partial charge in [0.1, 0.15) is 11.4 Å². The average molecular weight is 265 g/mol. The minimum absolute atomic E-state index is 0.142. The van der Waals surface area contributed by atoms with Gasteiger partial charge in [-0.25, -0.2) is 0 Å². The van der Waals surface area contributed by atoms with Crippen LogP contribution in [-0.2, 0) is 0 Å². The monoisotopic (exact) mass is 265 g/mol. The maximum Gasteiger partial charge on any atom is 0.315 e. The number of hydrogen-bond acceptors (Lipinski definition) is 4. The summed E-state index contributed by atoms with van der Waals surface area (Å²) in [6.07, 6.45) is 0.997. The van der Waals surface area contributed by atoms with Crippen molar-refractivity contribution in [3.05, 3.63) is 28.3 Å². The van der Waals surface area contributed by atoms with E-state index in [9.17, 15) is 10.1 Å². The molecular formula is C14H23N3O2. The fourth-order valence-corrected chi connectivity index (χ4v) is 2.29. The third-order valence-electron chi connectivity index (χ3n) is 3.32. The molecule has 0 aliphatic heterocycles. The molecule has 0 saturated carbocycles. The quantitative estimate of drug-likeness (QED) is 0.631. The normalized spacial score (nSPS) is 12.3. The van der Waals surface area contributed by atoms with Crippen molar-refractivity contribution >= 4 is 17.1 Å². The van der Waals surface area contributed by atoms with Gasteiger partial charge < -0.3 is 10.2 Å². The largest absolute Gasteiger partial charge is 0.382 e. The molecule has 5 heteroatoms. The molecular weight excluding hydrogens is 242 g/mol. The average Bonchev–Trinajstić information content (AvgIpc) is 2.35. The summed E-state index contributed by atoms with van der Waals surface area (Å²) in [4.78, 5) is 13.0. The number of nitro groups is 1. The van der Waals surface area contributed by atoms with E-state index in [1.165, 1.54) is 0 Å². The number of nitrogens with one attached hydrogen (secondary N) is 1. The summed E-state index contributed by atoms with van der Waals surface area (Å²) in [6, 6.07) is 5.62. The molecule has 1 aromatic carbocycles. The molecule has 0 amide bonds. The molecule has 0 heterocycles. The molecule has 19 heavy (non-hydrogen) atoms. The Kier molecular flexibility index (Phi) is 5.15. The van der Waals surface area contributed by atoms with Crippen LogP contribution in [0, 0.1) is 16.0 Å². The van der Waals surface area contributed by atoms with E-state index in [-0.39, 0.29) is 16.7 Å². The van der Waals surface area contributed by atoms with E-state index in [2.05, 4.69) is 26.1 Å². The van der Waals surface area contributed by atoms with E-state index in [0.29, 0.717) is 17.3 Å². The van der Waals surface area contributed by atoms with Gasteiger partial charge in [-0.15, -0.1) is 0 Å². The number of anilines is 2. The number of nitrogens with zero attached hydrogens (tertiary/aromatic N) is 2. The summed E-state index contributed by atoms with van der Waals surface area (Å²) >= 11 is 0. The highest BCUT2D eigenvalue weighted by molar-refractivity contribution is 5.76. The molecule has 1 atom stereocenters. The van der Waals surface area contributed by atoms with Crippen molar-refractivity contribution in [3.63, 3.8) is 0 Å². The van der Waals surface area contributed by atoms with Crippen molar-refractivity contribution in [2.45, 2.75) is 33.2 Å². The molecule has 1 N–H and O–H groups in total. The summed E-state index contributed by atoms with van der Waals surface area (Å²) in [5.74, 6) is 0.559. The highest BCUT2D eigenvalue weighted by Gasteiger charge is 2.24. The van der Waals surface area contributed by atoms with Crippen molar-refractivity contribution < 1.29 is 4.92 Å². The van der Waals surface area contributed by atoms with Crippen LogP contribution < -0.4 is 10.2 Å². The number of benzene rings is 1. The topological polar surface area (TPSA) is 58.4 Å². The second-order valence-corrected chi connectivity index (χ2v) is 5.27. The molecule has 0 aliphatic carbocycles. The Morgan fingerprint density at radius 1 is 1.37 bits per heavy atom. The van der Waals surface area contributed by atoms with E-state index >= 15 is 0 Å². The van der Waals surface area contributed by atoms with Crippen LogP contribution in [0.25, 0.3) is 0 Å². The maximum atomic E-state index is 11.3. The van der Waals surface area contributed by atoms with Crippen LogP contribution in [0.3, 0.4) is 0 Å². The number of nitro benzene ring substituents is 1. The minimum Gasteiger partial charge on any atom is -0.382 e. The fraction of sp³-hybridized carbons (Fsp3) is 0.571. The molecule has 1 unspecified atom stereocenters. The van der Waals surface area contributed by atoms with Crippen molar-refractivity contribution in [2.75, 3.05) is 24.3 Å². The lowest BCUT2D eigenvalue weighted by Crippen LogP contribution is -2.30. The first-order valence-electron chi connectivity index (χ1n) is 6.56. The molecule has 0 radical (unpaired) electrons. The van der Waals surface area contributed by atoms with Gasteiger partial charge in [-0.3, -0.25) is 10.1 Å². The zero-order chi connectivity index (χ0) is 14.6. The van der Waals surface area contributed by atoms with E-state index in [1.807, 2.05) is 18.0 Å². The summed E-state index contributed by atoms with van der Waals surface area (Å²) in [7, 11) is 3.61. The number of rotatable bonds is 6. The Balaban J connectivity index is 3.15. The number of para-hydroxylation sites is 1. The first-order chi connectivity index (χ1) is 8.88. The lowest BCUT2D eigenvalue weighted by molar-refractivity contribution is -0.383. The Morgan fingerprint density at radius 3 is 2.47 bits per heavy atom. The second kappa shape index (κ2) is 6.41. The summed E-state index contributed by atoms with van der Waals surface area (Å²) in [5, 5.41) is 14.2. The first kappa shape index (κ1) is 15.3. The zero-order valence-corrected chi connectivity index (χ0v) is 12.3. The van der Waals surface area contributed by atoms with Crippen LogP contribution in [-0.4, -0.2) is 25.1 Å². The second-order valence-electron chi connectivity index (χ2n) is 5.27. The minimum atomic E-state index is -0.320. The molecule has 0 bridgehead atoms. The molecule has 106 valence electrons. The summed E-state index contributed by atoms with van der Waals surface area (Å²) < 4.78 is 0. The third kappa shape index (κ3) is 3.59. The smallest absolute Gasteiger partial charge is 0.315 e. The molecule has 5 nitrogen and oxygen atoms in total. The lowest BCUT2D eigenvalue weighted by atomic mass is 10.0. The van der Waals surface area contributed by atoms with Crippen LogP contribution in [0.15, 0.2) is 18.2 Å². The summed E-state index contributed by atoms with van der Waals surface area (Å²) in [5.41, 5.74) is 1.35. The van der Waals surface area contributed by atoms with Crippen molar-refractivity contribution in [1.29, 1.82) is 0 Å². The zero-order valence-electron chi connectivity index (χ0n) is 12.3. The van der Waals surface area contributed by atoms with Gasteiger partial charge in [0, 0.05) is 20.1 Å². The van der Waals surface area contributed by atoms with Gasteiger partial charge in [0.2, 0.25) is 0 Å². The Morgan fingerprint density at radius 2 is 2.00 bits per heavy atom. The summed E-state index contributed by atoms with van der Waals surface area (Å²) in [6.45, 7) is 6.40. The van der Waals surface area contributed by atoms with Gasteiger partial charge in [-0.2, -0.15) is 0 Å². The van der Waals surface area contributed by atoms with Crippen LogP contribution in [0.5, 0.6) is 0 Å². The maximum absolute atomic E-state index is 11.3. The van der Waals surface area contributed by atoms with Crippen molar-refractivity contribution in [1.82, 2.24) is 0 Å². The van der Waals surface area contributed by atoms with Gasteiger partial charge in [-0.1, -0.05) is 19.9 Å². The van der Waals surface area contributed by atoms with Crippen LogP contribution >= 0.6 is 0 Å². The predicted molar refractivity (Wildman–Crippen MR) is 80.0 cm³/mol. The number of hydrogen-bond donors (Lipinski definition) is 1. The predicted octanol–water partition coefficient (Wildman–Crippen LogP) is 3.51. The van der Waals surface area contributed by atoms with E-state index in [1.54, 1.807) is 19.2 Å². The van der Waals surface area contributed by atoms with E-state index in [0.717, 1.165) is 6.42 Å². The van der Waals surface area contributed by atoms with Crippen molar-refractivity contribution in [2.24, 2.45) is 5.92 Å². The molecule has 1 rings (SSSR count). The fourth-order valence-electron chi connectivity index (χ4n) is 2.29. The first-order valence-corrected chi connectivity index (χ1v) is 6.56. The highest BCUT2D eigenvalue weighted by Crippen LogP contribution is 2.35. The SMILES string of the molecule is CNc1cccc(N(C)C(C)CC(C)C)c1[N+](=O)[O-]. The van der Waals surface area contributed by atoms with Crippen molar-refractivity contribution in [3.8, 4) is 0 Å². The van der Waals surface area contributed by atoms with Gasteiger partial charge in [0.15, 0.2) is 0 Å². The molecule has 0 saturated heterocycles. The standard InChI is InChI=1S/C14H23N3O2/c1-10(2)9-11(3)16(5)13-8-6-7-12(15-4)14(13)17(18)19/h6-8,10-11,15H,9H2,1-5H3.